The summed E-state index contributed by atoms with van der Waals surface area (Å²) in [5, 5.41) is 2.93. The Hall–Kier alpha value is -1.61. The smallest absolute Gasteiger partial charge is 0.244 e. The SMILES string of the molecule is O=C(/C=C/c1ccccc1)NCCN1CCCCC1. The van der Waals surface area contributed by atoms with Crippen LogP contribution in [0.4, 0.5) is 0 Å². The first-order valence-electron chi connectivity index (χ1n) is 7.08. The molecule has 0 aromatic heterocycles. The van der Waals surface area contributed by atoms with Gasteiger partial charge in [-0.2, -0.15) is 0 Å². The number of carbonyl (C=O) groups excluding carboxylic acids is 1. The van der Waals surface area contributed by atoms with E-state index < -0.39 is 0 Å². The molecule has 1 amide bonds. The maximum atomic E-state index is 11.6. The van der Waals surface area contributed by atoms with Gasteiger partial charge in [-0.3, -0.25) is 4.79 Å². The fourth-order valence-electron chi connectivity index (χ4n) is 2.32. The van der Waals surface area contributed by atoms with Crippen molar-refractivity contribution >= 4 is 12.0 Å². The lowest BCUT2D eigenvalue weighted by molar-refractivity contribution is -0.116. The molecule has 1 aliphatic rings. The van der Waals surface area contributed by atoms with Crippen LogP contribution in [0, 0.1) is 0 Å². The van der Waals surface area contributed by atoms with Crippen molar-refractivity contribution in [3.8, 4) is 0 Å². The van der Waals surface area contributed by atoms with E-state index in [2.05, 4.69) is 10.2 Å². The molecule has 0 radical (unpaired) electrons. The summed E-state index contributed by atoms with van der Waals surface area (Å²) in [4.78, 5) is 14.1. The summed E-state index contributed by atoms with van der Waals surface area (Å²) in [5.74, 6) is -0.0131. The van der Waals surface area contributed by atoms with Crippen molar-refractivity contribution in [3.05, 3.63) is 42.0 Å². The summed E-state index contributed by atoms with van der Waals surface area (Å²) in [5.41, 5.74) is 1.05. The van der Waals surface area contributed by atoms with Crippen LogP contribution in [-0.4, -0.2) is 37.0 Å². The molecule has 102 valence electrons. The van der Waals surface area contributed by atoms with Gasteiger partial charge in [0, 0.05) is 19.2 Å². The molecule has 1 heterocycles. The van der Waals surface area contributed by atoms with Gasteiger partial charge in [-0.15, -0.1) is 0 Å². The quantitative estimate of drug-likeness (QED) is 0.822. The van der Waals surface area contributed by atoms with E-state index in [0.717, 1.165) is 18.7 Å². The predicted molar refractivity (Wildman–Crippen MR) is 78.8 cm³/mol. The number of amides is 1. The van der Waals surface area contributed by atoms with Crippen LogP contribution in [0.25, 0.3) is 6.08 Å². The Bertz CT molecular complexity index is 408. The van der Waals surface area contributed by atoms with E-state index in [1.807, 2.05) is 36.4 Å². The van der Waals surface area contributed by atoms with Crippen LogP contribution in [-0.2, 0) is 4.79 Å². The molecule has 0 bridgehead atoms. The van der Waals surface area contributed by atoms with E-state index in [0.29, 0.717) is 0 Å². The van der Waals surface area contributed by atoms with Gasteiger partial charge in [0.05, 0.1) is 0 Å². The summed E-state index contributed by atoms with van der Waals surface area (Å²) in [6.07, 6.45) is 7.38. The Kier molecular flexibility index (Phi) is 5.63. The molecule has 1 aromatic carbocycles. The van der Waals surface area contributed by atoms with Crippen molar-refractivity contribution in [3.63, 3.8) is 0 Å². The first-order chi connectivity index (χ1) is 9.34. The molecule has 0 aliphatic carbocycles. The molecule has 1 N–H and O–H groups in total. The van der Waals surface area contributed by atoms with Crippen molar-refractivity contribution in [2.45, 2.75) is 19.3 Å². The summed E-state index contributed by atoms with van der Waals surface area (Å²) in [6.45, 7) is 4.05. The molecular weight excluding hydrogens is 236 g/mol. The first kappa shape index (κ1) is 13.8. The maximum absolute atomic E-state index is 11.6. The molecule has 3 nitrogen and oxygen atoms in total. The Labute approximate surface area is 115 Å². The van der Waals surface area contributed by atoms with Gasteiger partial charge in [0.2, 0.25) is 5.91 Å². The summed E-state index contributed by atoms with van der Waals surface area (Å²) in [7, 11) is 0. The van der Waals surface area contributed by atoms with Gasteiger partial charge in [-0.1, -0.05) is 36.8 Å². The first-order valence-corrected chi connectivity index (χ1v) is 7.08. The molecule has 0 atom stereocenters. The fourth-order valence-corrected chi connectivity index (χ4v) is 2.32. The Morgan fingerprint density at radius 3 is 2.63 bits per heavy atom. The minimum absolute atomic E-state index is 0.0131. The summed E-state index contributed by atoms with van der Waals surface area (Å²) >= 11 is 0. The van der Waals surface area contributed by atoms with Gasteiger partial charge >= 0.3 is 0 Å². The number of hydrogen-bond donors (Lipinski definition) is 1. The van der Waals surface area contributed by atoms with E-state index >= 15 is 0 Å². The Morgan fingerprint density at radius 2 is 1.89 bits per heavy atom. The fraction of sp³-hybridized carbons (Fsp3) is 0.438. The minimum atomic E-state index is -0.0131. The zero-order valence-corrected chi connectivity index (χ0v) is 11.3. The normalized spacial score (nSPS) is 16.6. The third-order valence-corrected chi connectivity index (χ3v) is 3.40. The van der Waals surface area contributed by atoms with E-state index in [9.17, 15) is 4.79 Å². The molecule has 2 rings (SSSR count). The number of piperidine rings is 1. The highest BCUT2D eigenvalue weighted by Gasteiger charge is 2.09. The zero-order chi connectivity index (χ0) is 13.3. The highest BCUT2D eigenvalue weighted by molar-refractivity contribution is 5.91. The zero-order valence-electron chi connectivity index (χ0n) is 11.3. The highest BCUT2D eigenvalue weighted by Crippen LogP contribution is 2.07. The van der Waals surface area contributed by atoms with E-state index in [1.54, 1.807) is 6.08 Å². The molecule has 1 fully saturated rings. The number of nitrogens with one attached hydrogen (secondary N) is 1. The number of carbonyl (C=O) groups is 1. The monoisotopic (exact) mass is 258 g/mol. The lowest BCUT2D eigenvalue weighted by atomic mass is 10.1. The van der Waals surface area contributed by atoms with Crippen molar-refractivity contribution in [2.24, 2.45) is 0 Å². The van der Waals surface area contributed by atoms with E-state index in [4.69, 9.17) is 0 Å². The molecular formula is C16H22N2O. The molecule has 3 heteroatoms. The highest BCUT2D eigenvalue weighted by atomic mass is 16.1. The second-order valence-electron chi connectivity index (χ2n) is 4.94. The lowest BCUT2D eigenvalue weighted by Crippen LogP contribution is -2.37. The van der Waals surface area contributed by atoms with Crippen LogP contribution in [0.5, 0.6) is 0 Å². The second-order valence-corrected chi connectivity index (χ2v) is 4.94. The average molecular weight is 258 g/mol. The number of likely N-dealkylation sites (tertiary alicyclic amines) is 1. The Balaban J connectivity index is 1.65. The standard InChI is InChI=1S/C16H22N2O/c19-16(10-9-15-7-3-1-4-8-15)17-11-14-18-12-5-2-6-13-18/h1,3-4,7-10H,2,5-6,11-14H2,(H,17,19)/b10-9+. The molecule has 0 spiro atoms. The largest absolute Gasteiger partial charge is 0.351 e. The van der Waals surface area contributed by atoms with Gasteiger partial charge in [0.25, 0.3) is 0 Å². The maximum Gasteiger partial charge on any atom is 0.244 e. The van der Waals surface area contributed by atoms with Crippen LogP contribution in [0.3, 0.4) is 0 Å². The molecule has 0 saturated carbocycles. The van der Waals surface area contributed by atoms with E-state index in [-0.39, 0.29) is 5.91 Å². The van der Waals surface area contributed by atoms with Crippen molar-refractivity contribution in [1.82, 2.24) is 10.2 Å². The van der Waals surface area contributed by atoms with Gasteiger partial charge < -0.3 is 10.2 Å². The lowest BCUT2D eigenvalue weighted by Gasteiger charge is -2.26. The van der Waals surface area contributed by atoms with Gasteiger partial charge in [0.15, 0.2) is 0 Å². The number of hydrogen-bond acceptors (Lipinski definition) is 2. The summed E-state index contributed by atoms with van der Waals surface area (Å²) in [6, 6.07) is 9.87. The van der Waals surface area contributed by atoms with Gasteiger partial charge in [-0.05, 0) is 37.6 Å². The van der Waals surface area contributed by atoms with Crippen LogP contribution in [0.1, 0.15) is 24.8 Å². The van der Waals surface area contributed by atoms with Crippen LogP contribution < -0.4 is 5.32 Å². The van der Waals surface area contributed by atoms with Crippen molar-refractivity contribution < 1.29 is 4.79 Å². The summed E-state index contributed by atoms with van der Waals surface area (Å²) < 4.78 is 0. The van der Waals surface area contributed by atoms with E-state index in [1.165, 1.54) is 32.4 Å². The third kappa shape index (κ3) is 5.26. The van der Waals surface area contributed by atoms with Crippen molar-refractivity contribution in [2.75, 3.05) is 26.2 Å². The molecule has 0 unspecified atom stereocenters. The van der Waals surface area contributed by atoms with Crippen molar-refractivity contribution in [1.29, 1.82) is 0 Å². The molecule has 1 aromatic rings. The Morgan fingerprint density at radius 1 is 1.16 bits per heavy atom. The second kappa shape index (κ2) is 7.74. The van der Waals surface area contributed by atoms with Gasteiger partial charge in [0.1, 0.15) is 0 Å². The number of nitrogens with zero attached hydrogens (tertiary/aromatic N) is 1. The molecule has 19 heavy (non-hydrogen) atoms. The van der Waals surface area contributed by atoms with Crippen LogP contribution in [0.2, 0.25) is 0 Å². The van der Waals surface area contributed by atoms with Crippen LogP contribution >= 0.6 is 0 Å². The number of rotatable bonds is 5. The average Bonchev–Trinajstić information content (AvgIpc) is 2.47. The predicted octanol–water partition coefficient (Wildman–Crippen LogP) is 2.30. The third-order valence-electron chi connectivity index (χ3n) is 3.40. The van der Waals surface area contributed by atoms with Crippen LogP contribution in [0.15, 0.2) is 36.4 Å². The molecule has 1 saturated heterocycles. The molecule has 1 aliphatic heterocycles. The van der Waals surface area contributed by atoms with Gasteiger partial charge in [-0.25, -0.2) is 0 Å². The number of benzene rings is 1. The minimum Gasteiger partial charge on any atom is -0.351 e. The topological polar surface area (TPSA) is 32.3 Å².